The average molecular weight is 342 g/mol. The highest BCUT2D eigenvalue weighted by Gasteiger charge is 2.37. The Hall–Kier alpha value is -2.81. The van der Waals surface area contributed by atoms with Crippen LogP contribution in [0.4, 0.5) is 10.9 Å². The summed E-state index contributed by atoms with van der Waals surface area (Å²) in [4.78, 5) is 26.3. The van der Waals surface area contributed by atoms with Crippen molar-refractivity contribution in [2.75, 3.05) is 16.8 Å². The molecule has 8 nitrogen and oxygen atoms in total. The maximum absolute atomic E-state index is 12.4. The molecule has 4 rings (SSSR count). The van der Waals surface area contributed by atoms with Crippen molar-refractivity contribution in [1.82, 2.24) is 20.4 Å². The minimum absolute atomic E-state index is 0.110. The summed E-state index contributed by atoms with van der Waals surface area (Å²) >= 11 is 1.31. The van der Waals surface area contributed by atoms with Gasteiger partial charge in [-0.1, -0.05) is 23.5 Å². The van der Waals surface area contributed by atoms with Gasteiger partial charge < -0.3 is 5.32 Å². The summed E-state index contributed by atoms with van der Waals surface area (Å²) in [6, 6.07) is 7.59. The fourth-order valence-corrected chi connectivity index (χ4v) is 3.39. The third-order valence-electron chi connectivity index (χ3n) is 3.96. The lowest BCUT2D eigenvalue weighted by Crippen LogP contribution is -2.28. The van der Waals surface area contributed by atoms with E-state index in [1.54, 1.807) is 4.90 Å². The minimum atomic E-state index is -0.433. The average Bonchev–Trinajstić information content (AvgIpc) is 3.26. The molecule has 1 aliphatic heterocycles. The van der Waals surface area contributed by atoms with Crippen molar-refractivity contribution in [3.8, 4) is 0 Å². The third-order valence-corrected chi connectivity index (χ3v) is 4.71. The van der Waals surface area contributed by atoms with E-state index in [2.05, 4.69) is 25.7 Å². The van der Waals surface area contributed by atoms with Crippen LogP contribution in [0.3, 0.4) is 0 Å². The molecule has 0 bridgehead atoms. The number of H-pyrrole nitrogens is 1. The zero-order valence-corrected chi connectivity index (χ0v) is 13.6. The second-order valence-corrected chi connectivity index (χ2v) is 6.80. The number of nitrogens with zero attached hydrogens (tertiary/aromatic N) is 4. The first-order chi connectivity index (χ1) is 11.6. The lowest BCUT2D eigenvalue weighted by Gasteiger charge is -2.13. The van der Waals surface area contributed by atoms with Crippen LogP contribution < -0.4 is 10.2 Å². The maximum Gasteiger partial charge on any atom is 0.231 e. The molecule has 24 heavy (non-hydrogen) atoms. The van der Waals surface area contributed by atoms with Gasteiger partial charge in [-0.15, -0.1) is 10.2 Å². The Kier molecular flexibility index (Phi) is 3.49. The van der Waals surface area contributed by atoms with Crippen molar-refractivity contribution in [2.24, 2.45) is 5.92 Å². The summed E-state index contributed by atoms with van der Waals surface area (Å²) < 4.78 is 0. The van der Waals surface area contributed by atoms with E-state index >= 15 is 0 Å². The van der Waals surface area contributed by atoms with Gasteiger partial charge in [0.05, 0.1) is 11.4 Å². The number of anilines is 2. The molecule has 0 radical (unpaired) electrons. The lowest BCUT2D eigenvalue weighted by molar-refractivity contribution is -0.122. The molecule has 3 heterocycles. The molecule has 3 aromatic rings. The summed E-state index contributed by atoms with van der Waals surface area (Å²) in [5.41, 5.74) is 0.859. The molecule has 1 aromatic carbocycles. The number of aryl methyl sites for hydroxylation is 1. The highest BCUT2D eigenvalue weighted by molar-refractivity contribution is 7.15. The van der Waals surface area contributed by atoms with Crippen LogP contribution in [0.25, 0.3) is 10.9 Å². The zero-order valence-electron chi connectivity index (χ0n) is 12.8. The monoisotopic (exact) mass is 342 g/mol. The Morgan fingerprint density at radius 2 is 2.21 bits per heavy atom. The van der Waals surface area contributed by atoms with Crippen LogP contribution in [0.1, 0.15) is 11.4 Å². The van der Waals surface area contributed by atoms with E-state index in [9.17, 15) is 9.59 Å². The number of aromatic nitrogens is 4. The number of para-hydroxylation sites is 1. The molecule has 0 saturated carbocycles. The normalized spacial score (nSPS) is 17.6. The summed E-state index contributed by atoms with van der Waals surface area (Å²) in [7, 11) is 0. The van der Waals surface area contributed by atoms with Crippen LogP contribution in [0.5, 0.6) is 0 Å². The molecule has 0 spiro atoms. The SMILES string of the molecule is Cc1nnc(NC(=O)[C@@H]2CC(=O)N(c3n[nH]c4ccccc34)C2)s1. The van der Waals surface area contributed by atoms with E-state index in [0.29, 0.717) is 17.5 Å². The number of rotatable bonds is 3. The first-order valence-corrected chi connectivity index (χ1v) is 8.28. The number of nitrogens with one attached hydrogen (secondary N) is 2. The van der Waals surface area contributed by atoms with Gasteiger partial charge in [0.2, 0.25) is 16.9 Å². The first-order valence-electron chi connectivity index (χ1n) is 7.46. The molecule has 1 aliphatic rings. The van der Waals surface area contributed by atoms with Gasteiger partial charge in [0, 0.05) is 18.4 Å². The molecule has 2 N–H and O–H groups in total. The Balaban J connectivity index is 1.53. The molecule has 1 saturated heterocycles. The van der Waals surface area contributed by atoms with E-state index in [0.717, 1.165) is 15.9 Å². The smallest absolute Gasteiger partial charge is 0.231 e. The summed E-state index contributed by atoms with van der Waals surface area (Å²) in [5, 5.41) is 19.7. The molecule has 9 heteroatoms. The number of fused-ring (bicyclic) bond motifs is 1. The Bertz CT molecular complexity index is 933. The number of carbonyl (C=O) groups is 2. The topological polar surface area (TPSA) is 104 Å². The van der Waals surface area contributed by atoms with Gasteiger partial charge >= 0.3 is 0 Å². The van der Waals surface area contributed by atoms with Crippen molar-refractivity contribution in [3.05, 3.63) is 29.3 Å². The Morgan fingerprint density at radius 3 is 3.00 bits per heavy atom. The van der Waals surface area contributed by atoms with Crippen LogP contribution in [0.15, 0.2) is 24.3 Å². The van der Waals surface area contributed by atoms with E-state index in [4.69, 9.17) is 0 Å². The number of carbonyl (C=O) groups excluding carboxylic acids is 2. The number of amides is 2. The van der Waals surface area contributed by atoms with E-state index in [-0.39, 0.29) is 18.2 Å². The van der Waals surface area contributed by atoms with E-state index < -0.39 is 5.92 Å². The van der Waals surface area contributed by atoms with Crippen LogP contribution in [0.2, 0.25) is 0 Å². The number of benzene rings is 1. The van der Waals surface area contributed by atoms with Gasteiger partial charge in [0.1, 0.15) is 5.01 Å². The number of hydrogen-bond donors (Lipinski definition) is 2. The second-order valence-electron chi connectivity index (χ2n) is 5.61. The van der Waals surface area contributed by atoms with Gasteiger partial charge in [-0.25, -0.2) is 0 Å². The molecule has 2 amide bonds. The molecular weight excluding hydrogens is 328 g/mol. The van der Waals surface area contributed by atoms with Crippen LogP contribution in [-0.2, 0) is 9.59 Å². The Labute approximate surface area is 140 Å². The molecule has 122 valence electrons. The van der Waals surface area contributed by atoms with Crippen molar-refractivity contribution in [3.63, 3.8) is 0 Å². The maximum atomic E-state index is 12.4. The fraction of sp³-hybridized carbons (Fsp3) is 0.267. The van der Waals surface area contributed by atoms with Gasteiger partial charge in [-0.2, -0.15) is 5.10 Å². The van der Waals surface area contributed by atoms with Crippen molar-refractivity contribution < 1.29 is 9.59 Å². The van der Waals surface area contributed by atoms with Crippen molar-refractivity contribution >= 4 is 45.0 Å². The van der Waals surface area contributed by atoms with Gasteiger partial charge in [-0.05, 0) is 19.1 Å². The fourth-order valence-electron chi connectivity index (χ4n) is 2.80. The summed E-state index contributed by atoms with van der Waals surface area (Å²) in [6.45, 7) is 2.12. The Morgan fingerprint density at radius 1 is 1.38 bits per heavy atom. The van der Waals surface area contributed by atoms with E-state index in [1.165, 1.54) is 11.3 Å². The first kappa shape index (κ1) is 14.8. The predicted octanol–water partition coefficient (Wildman–Crippen LogP) is 1.71. The van der Waals surface area contributed by atoms with Crippen LogP contribution in [0, 0.1) is 12.8 Å². The lowest BCUT2D eigenvalue weighted by atomic mass is 10.1. The highest BCUT2D eigenvalue weighted by atomic mass is 32.1. The summed E-state index contributed by atoms with van der Waals surface area (Å²) in [5.74, 6) is -0.197. The van der Waals surface area contributed by atoms with E-state index in [1.807, 2.05) is 31.2 Å². The molecular formula is C15H14N6O2S. The van der Waals surface area contributed by atoms with Gasteiger partial charge in [0.25, 0.3) is 0 Å². The number of hydrogen-bond acceptors (Lipinski definition) is 6. The van der Waals surface area contributed by atoms with Gasteiger partial charge in [0.15, 0.2) is 5.82 Å². The van der Waals surface area contributed by atoms with Gasteiger partial charge in [-0.3, -0.25) is 19.6 Å². The molecule has 2 aromatic heterocycles. The quantitative estimate of drug-likeness (QED) is 0.754. The molecule has 1 fully saturated rings. The highest BCUT2D eigenvalue weighted by Crippen LogP contribution is 2.30. The third kappa shape index (κ3) is 2.52. The molecule has 0 unspecified atom stereocenters. The number of aromatic amines is 1. The zero-order chi connectivity index (χ0) is 16.7. The minimum Gasteiger partial charge on any atom is -0.300 e. The van der Waals surface area contributed by atoms with Crippen molar-refractivity contribution in [1.29, 1.82) is 0 Å². The van der Waals surface area contributed by atoms with Crippen LogP contribution in [-0.4, -0.2) is 38.8 Å². The predicted molar refractivity (Wildman–Crippen MR) is 89.8 cm³/mol. The summed E-state index contributed by atoms with van der Waals surface area (Å²) in [6.07, 6.45) is 0.158. The molecule has 0 aliphatic carbocycles. The standard InChI is InChI=1S/C15H14N6O2S/c1-8-17-20-15(24-8)16-14(23)9-6-12(22)21(7-9)13-10-4-2-3-5-11(10)18-19-13/h2-5,9H,6-7H2,1H3,(H,18,19)(H,16,20,23)/t9-/m1/s1. The van der Waals surface area contributed by atoms with Crippen LogP contribution >= 0.6 is 11.3 Å². The van der Waals surface area contributed by atoms with Crippen molar-refractivity contribution in [2.45, 2.75) is 13.3 Å². The second kappa shape index (κ2) is 5.68. The molecule has 1 atom stereocenters. The largest absolute Gasteiger partial charge is 0.300 e.